The molecule has 1 aliphatic rings. The predicted molar refractivity (Wildman–Crippen MR) is 110 cm³/mol. The summed E-state index contributed by atoms with van der Waals surface area (Å²) in [7, 11) is 1.42. The van der Waals surface area contributed by atoms with Gasteiger partial charge in [0.2, 0.25) is 5.91 Å². The summed E-state index contributed by atoms with van der Waals surface area (Å²) in [6.45, 7) is 2.90. The Morgan fingerprint density at radius 1 is 1.10 bits per heavy atom. The average Bonchev–Trinajstić information content (AvgIpc) is 2.75. The maximum absolute atomic E-state index is 14.0. The summed E-state index contributed by atoms with van der Waals surface area (Å²) < 4.78 is 32.0. The minimum atomic E-state index is -0.466. The van der Waals surface area contributed by atoms with Crippen LogP contribution in [0.4, 0.5) is 20.3 Å². The molecule has 0 aliphatic carbocycles. The number of piperazine rings is 1. The fraction of sp³-hybridized carbons (Fsp3) is 0.286. The van der Waals surface area contributed by atoms with Crippen LogP contribution >= 0.6 is 0 Å². The number of halogens is 2. The lowest BCUT2D eigenvalue weighted by molar-refractivity contribution is -0.117. The van der Waals surface area contributed by atoms with Gasteiger partial charge in [-0.3, -0.25) is 9.69 Å². The van der Waals surface area contributed by atoms with Gasteiger partial charge in [-0.25, -0.2) is 18.7 Å². The van der Waals surface area contributed by atoms with Crippen LogP contribution in [0.1, 0.15) is 0 Å². The molecule has 7 nitrogen and oxygen atoms in total. The third kappa shape index (κ3) is 4.30. The molecule has 4 rings (SSSR count). The summed E-state index contributed by atoms with van der Waals surface area (Å²) in [4.78, 5) is 24.9. The number of hydrogen-bond donors (Lipinski definition) is 1. The highest BCUT2D eigenvalue weighted by molar-refractivity contribution is 5.92. The number of methoxy groups -OCH3 is 1. The van der Waals surface area contributed by atoms with Gasteiger partial charge in [0.1, 0.15) is 18.0 Å². The third-order valence-corrected chi connectivity index (χ3v) is 5.05. The molecule has 30 heavy (non-hydrogen) atoms. The van der Waals surface area contributed by atoms with Crippen LogP contribution in [0.15, 0.2) is 42.7 Å². The van der Waals surface area contributed by atoms with Gasteiger partial charge >= 0.3 is 0 Å². The van der Waals surface area contributed by atoms with Crippen LogP contribution in [0.3, 0.4) is 0 Å². The van der Waals surface area contributed by atoms with Gasteiger partial charge in [-0.15, -0.1) is 0 Å². The molecule has 0 atom stereocenters. The molecule has 1 amide bonds. The monoisotopic (exact) mass is 413 g/mol. The molecule has 3 aromatic rings. The number of benzene rings is 2. The molecule has 1 N–H and O–H groups in total. The molecule has 0 spiro atoms. The van der Waals surface area contributed by atoms with Crippen molar-refractivity contribution in [1.82, 2.24) is 14.9 Å². The van der Waals surface area contributed by atoms with E-state index < -0.39 is 5.82 Å². The number of carbonyl (C=O) groups is 1. The van der Waals surface area contributed by atoms with Crippen LogP contribution in [-0.2, 0) is 4.79 Å². The minimum Gasteiger partial charge on any atom is -0.494 e. The average molecular weight is 413 g/mol. The van der Waals surface area contributed by atoms with Crippen molar-refractivity contribution in [3.8, 4) is 5.75 Å². The SMILES string of the molecule is COc1cc2c(N3CCN(CC(=O)Nc4ccc(F)cc4)CC3)ncnc2cc1F. The number of rotatable bonds is 5. The Morgan fingerprint density at radius 3 is 2.53 bits per heavy atom. The molecule has 1 saturated heterocycles. The van der Waals surface area contributed by atoms with Crippen LogP contribution in [0.25, 0.3) is 10.9 Å². The van der Waals surface area contributed by atoms with E-state index in [0.29, 0.717) is 43.2 Å². The lowest BCUT2D eigenvalue weighted by Gasteiger charge is -2.35. The van der Waals surface area contributed by atoms with Crippen molar-refractivity contribution in [2.45, 2.75) is 0 Å². The van der Waals surface area contributed by atoms with E-state index >= 15 is 0 Å². The molecular formula is C21H21F2N5O2. The Balaban J connectivity index is 1.40. The number of nitrogens with zero attached hydrogens (tertiary/aromatic N) is 4. The second-order valence-corrected chi connectivity index (χ2v) is 7.02. The maximum atomic E-state index is 14.0. The van der Waals surface area contributed by atoms with Crippen LogP contribution in [0, 0.1) is 11.6 Å². The molecule has 0 unspecified atom stereocenters. The molecular weight excluding hydrogens is 392 g/mol. The van der Waals surface area contributed by atoms with Gasteiger partial charge in [0, 0.05) is 43.3 Å². The zero-order valence-corrected chi connectivity index (χ0v) is 16.4. The summed E-state index contributed by atoms with van der Waals surface area (Å²) in [5.41, 5.74) is 1.08. The first-order valence-corrected chi connectivity index (χ1v) is 9.54. The van der Waals surface area contributed by atoms with E-state index in [-0.39, 0.29) is 24.0 Å². The van der Waals surface area contributed by atoms with Gasteiger partial charge in [-0.2, -0.15) is 0 Å². The lowest BCUT2D eigenvalue weighted by atomic mass is 10.2. The van der Waals surface area contributed by atoms with Gasteiger partial charge < -0.3 is 15.0 Å². The topological polar surface area (TPSA) is 70.6 Å². The molecule has 2 heterocycles. The Bertz CT molecular complexity index is 1050. The Kier molecular flexibility index (Phi) is 5.71. The largest absolute Gasteiger partial charge is 0.494 e. The van der Waals surface area contributed by atoms with Crippen LogP contribution in [-0.4, -0.2) is 60.6 Å². The lowest BCUT2D eigenvalue weighted by Crippen LogP contribution is -2.49. The van der Waals surface area contributed by atoms with Gasteiger partial charge in [-0.05, 0) is 30.3 Å². The first kappa shape index (κ1) is 20.0. The molecule has 1 aliphatic heterocycles. The van der Waals surface area contributed by atoms with Crippen molar-refractivity contribution < 1.29 is 18.3 Å². The van der Waals surface area contributed by atoms with E-state index in [0.717, 1.165) is 5.39 Å². The highest BCUT2D eigenvalue weighted by Gasteiger charge is 2.22. The van der Waals surface area contributed by atoms with Gasteiger partial charge in [0.15, 0.2) is 11.6 Å². The fourth-order valence-corrected chi connectivity index (χ4v) is 3.51. The standard InChI is InChI=1S/C21H21F2N5O2/c1-30-19-10-16-18(11-17(19)23)24-13-25-21(16)28-8-6-27(7-9-28)12-20(29)26-15-4-2-14(22)3-5-15/h2-5,10-11,13H,6-9,12H2,1H3,(H,26,29). The van der Waals surface area contributed by atoms with Crippen molar-refractivity contribution in [1.29, 1.82) is 0 Å². The van der Waals surface area contributed by atoms with E-state index in [2.05, 4.69) is 20.2 Å². The number of aromatic nitrogens is 2. The minimum absolute atomic E-state index is 0.148. The van der Waals surface area contributed by atoms with E-state index in [1.54, 1.807) is 6.07 Å². The molecule has 0 radical (unpaired) electrons. The number of ether oxygens (including phenoxy) is 1. The van der Waals surface area contributed by atoms with E-state index in [9.17, 15) is 13.6 Å². The molecule has 2 aromatic carbocycles. The van der Waals surface area contributed by atoms with Gasteiger partial charge in [0.05, 0.1) is 19.2 Å². The molecule has 1 aromatic heterocycles. The summed E-state index contributed by atoms with van der Waals surface area (Å²) >= 11 is 0. The highest BCUT2D eigenvalue weighted by Crippen LogP contribution is 2.29. The predicted octanol–water partition coefficient (Wildman–Crippen LogP) is 2.68. The maximum Gasteiger partial charge on any atom is 0.238 e. The highest BCUT2D eigenvalue weighted by atomic mass is 19.1. The van der Waals surface area contributed by atoms with Gasteiger partial charge in [0.25, 0.3) is 0 Å². The van der Waals surface area contributed by atoms with Crippen molar-refractivity contribution in [2.24, 2.45) is 0 Å². The third-order valence-electron chi connectivity index (χ3n) is 5.05. The Hall–Kier alpha value is -3.33. The number of hydrogen-bond acceptors (Lipinski definition) is 6. The second-order valence-electron chi connectivity index (χ2n) is 7.02. The number of amides is 1. The Labute approximate surface area is 172 Å². The van der Waals surface area contributed by atoms with Crippen molar-refractivity contribution in [3.63, 3.8) is 0 Å². The summed E-state index contributed by atoms with van der Waals surface area (Å²) in [5, 5.41) is 3.49. The number of fused-ring (bicyclic) bond motifs is 1. The normalized spacial score (nSPS) is 14.7. The van der Waals surface area contributed by atoms with E-state index in [4.69, 9.17) is 4.74 Å². The van der Waals surface area contributed by atoms with Crippen molar-refractivity contribution in [3.05, 3.63) is 54.4 Å². The first-order valence-electron chi connectivity index (χ1n) is 9.54. The zero-order valence-electron chi connectivity index (χ0n) is 16.4. The van der Waals surface area contributed by atoms with Crippen LogP contribution < -0.4 is 15.0 Å². The van der Waals surface area contributed by atoms with Crippen LogP contribution in [0.2, 0.25) is 0 Å². The van der Waals surface area contributed by atoms with Crippen LogP contribution in [0.5, 0.6) is 5.75 Å². The number of nitrogens with one attached hydrogen (secondary N) is 1. The van der Waals surface area contributed by atoms with Crippen molar-refractivity contribution >= 4 is 28.3 Å². The number of anilines is 2. The molecule has 156 valence electrons. The Morgan fingerprint density at radius 2 is 1.83 bits per heavy atom. The van der Waals surface area contributed by atoms with Crippen molar-refractivity contribution in [2.75, 3.05) is 50.1 Å². The summed E-state index contributed by atoms with van der Waals surface area (Å²) in [6.07, 6.45) is 1.42. The first-order chi connectivity index (χ1) is 14.5. The quantitative estimate of drug-likeness (QED) is 0.694. The molecule has 9 heteroatoms. The zero-order chi connectivity index (χ0) is 21.1. The van der Waals surface area contributed by atoms with Gasteiger partial charge in [-0.1, -0.05) is 0 Å². The summed E-state index contributed by atoms with van der Waals surface area (Å²) in [6, 6.07) is 8.63. The smallest absolute Gasteiger partial charge is 0.238 e. The molecule has 1 fully saturated rings. The second kappa shape index (κ2) is 8.58. The summed E-state index contributed by atoms with van der Waals surface area (Å²) in [5.74, 6) is -0.0977. The fourth-order valence-electron chi connectivity index (χ4n) is 3.51. The molecule has 0 saturated carbocycles. The van der Waals surface area contributed by atoms with E-state index in [1.807, 2.05) is 4.90 Å². The van der Waals surface area contributed by atoms with E-state index in [1.165, 1.54) is 43.8 Å². The number of carbonyl (C=O) groups excluding carboxylic acids is 1. The molecule has 0 bridgehead atoms.